The summed E-state index contributed by atoms with van der Waals surface area (Å²) in [5.41, 5.74) is 6.50. The first-order valence-electron chi connectivity index (χ1n) is 7.57. The van der Waals surface area contributed by atoms with Crippen LogP contribution in [0.15, 0.2) is 24.3 Å². The number of nitrogens with zero attached hydrogens (tertiary/aromatic N) is 2. The summed E-state index contributed by atoms with van der Waals surface area (Å²) in [6, 6.07) is 6.50. The van der Waals surface area contributed by atoms with Crippen molar-refractivity contribution >= 4 is 11.6 Å². The monoisotopic (exact) mass is 291 g/mol. The summed E-state index contributed by atoms with van der Waals surface area (Å²) in [7, 11) is 0. The molecule has 5 heteroatoms. The van der Waals surface area contributed by atoms with Crippen LogP contribution in [-0.4, -0.2) is 42.5 Å². The van der Waals surface area contributed by atoms with Gasteiger partial charge in [0.2, 0.25) is 5.91 Å². The molecule has 1 saturated carbocycles. The second-order valence-electron chi connectivity index (χ2n) is 6.31. The van der Waals surface area contributed by atoms with E-state index in [0.717, 1.165) is 31.6 Å². The SMILES string of the molecule is C[C@@](N)(C(=O)N1CCN(c2ccc(F)cc2)CC1)C1CC1. The third-order valence-electron chi connectivity index (χ3n) is 4.64. The zero-order chi connectivity index (χ0) is 15.0. The van der Waals surface area contributed by atoms with E-state index >= 15 is 0 Å². The first-order chi connectivity index (χ1) is 9.98. The van der Waals surface area contributed by atoms with E-state index in [9.17, 15) is 9.18 Å². The third kappa shape index (κ3) is 2.88. The van der Waals surface area contributed by atoms with Crippen molar-refractivity contribution in [3.63, 3.8) is 0 Å². The number of nitrogens with two attached hydrogens (primary N) is 1. The van der Waals surface area contributed by atoms with Crippen molar-refractivity contribution in [3.8, 4) is 0 Å². The normalized spacial score (nSPS) is 22.0. The summed E-state index contributed by atoms with van der Waals surface area (Å²) in [5.74, 6) is 0.194. The Morgan fingerprint density at radius 3 is 2.29 bits per heavy atom. The lowest BCUT2D eigenvalue weighted by Gasteiger charge is -2.39. The number of hydrogen-bond donors (Lipinski definition) is 1. The average molecular weight is 291 g/mol. The summed E-state index contributed by atoms with van der Waals surface area (Å²) < 4.78 is 12.9. The molecule has 2 fully saturated rings. The summed E-state index contributed by atoms with van der Waals surface area (Å²) in [6.45, 7) is 4.74. The lowest BCUT2D eigenvalue weighted by Crippen LogP contribution is -2.59. The smallest absolute Gasteiger partial charge is 0.242 e. The molecule has 1 aromatic carbocycles. The molecule has 1 saturated heterocycles. The maximum absolute atomic E-state index is 12.9. The van der Waals surface area contributed by atoms with Crippen LogP contribution in [0.1, 0.15) is 19.8 Å². The number of hydrogen-bond acceptors (Lipinski definition) is 3. The molecule has 21 heavy (non-hydrogen) atoms. The van der Waals surface area contributed by atoms with Crippen molar-refractivity contribution in [1.29, 1.82) is 0 Å². The Bertz CT molecular complexity index is 517. The summed E-state index contributed by atoms with van der Waals surface area (Å²) in [6.07, 6.45) is 2.13. The molecule has 1 heterocycles. The molecule has 0 spiro atoms. The van der Waals surface area contributed by atoms with Crippen molar-refractivity contribution in [3.05, 3.63) is 30.1 Å². The minimum atomic E-state index is -0.710. The van der Waals surface area contributed by atoms with Crippen molar-refractivity contribution in [2.24, 2.45) is 11.7 Å². The molecule has 1 aliphatic heterocycles. The van der Waals surface area contributed by atoms with E-state index in [2.05, 4.69) is 4.90 Å². The van der Waals surface area contributed by atoms with Gasteiger partial charge >= 0.3 is 0 Å². The number of carbonyl (C=O) groups is 1. The predicted octanol–water partition coefficient (Wildman–Crippen LogP) is 1.60. The highest BCUT2D eigenvalue weighted by molar-refractivity contribution is 5.86. The van der Waals surface area contributed by atoms with Crippen LogP contribution in [0.3, 0.4) is 0 Å². The van der Waals surface area contributed by atoms with E-state index < -0.39 is 5.54 Å². The highest BCUT2D eigenvalue weighted by atomic mass is 19.1. The van der Waals surface area contributed by atoms with Crippen LogP contribution in [0.2, 0.25) is 0 Å². The minimum absolute atomic E-state index is 0.0729. The van der Waals surface area contributed by atoms with Crippen LogP contribution in [0.25, 0.3) is 0 Å². The van der Waals surface area contributed by atoms with Crippen molar-refractivity contribution < 1.29 is 9.18 Å². The van der Waals surface area contributed by atoms with Crippen molar-refractivity contribution in [2.45, 2.75) is 25.3 Å². The summed E-state index contributed by atoms with van der Waals surface area (Å²) in [5, 5.41) is 0. The Hall–Kier alpha value is -1.62. The zero-order valence-electron chi connectivity index (χ0n) is 12.4. The van der Waals surface area contributed by atoms with Crippen LogP contribution >= 0.6 is 0 Å². The molecule has 3 rings (SSSR count). The maximum Gasteiger partial charge on any atom is 0.242 e. The van der Waals surface area contributed by atoms with E-state index in [0.29, 0.717) is 19.0 Å². The van der Waals surface area contributed by atoms with Gasteiger partial charge in [-0.05, 0) is 49.9 Å². The van der Waals surface area contributed by atoms with Crippen LogP contribution < -0.4 is 10.6 Å². The molecule has 4 nitrogen and oxygen atoms in total. The molecule has 1 aliphatic carbocycles. The van der Waals surface area contributed by atoms with Gasteiger partial charge < -0.3 is 15.5 Å². The Kier molecular flexibility index (Phi) is 3.61. The molecule has 1 amide bonds. The zero-order valence-corrected chi connectivity index (χ0v) is 12.4. The number of anilines is 1. The second kappa shape index (κ2) is 5.30. The van der Waals surface area contributed by atoms with E-state index in [4.69, 9.17) is 5.73 Å². The summed E-state index contributed by atoms with van der Waals surface area (Å²) >= 11 is 0. The van der Waals surface area contributed by atoms with E-state index in [-0.39, 0.29) is 11.7 Å². The predicted molar refractivity (Wildman–Crippen MR) is 80.5 cm³/mol. The van der Waals surface area contributed by atoms with Gasteiger partial charge in [0.05, 0.1) is 5.54 Å². The number of amides is 1. The van der Waals surface area contributed by atoms with Crippen molar-refractivity contribution in [1.82, 2.24) is 4.90 Å². The van der Waals surface area contributed by atoms with E-state index in [1.54, 1.807) is 12.1 Å². The molecular weight excluding hydrogens is 269 g/mol. The molecular formula is C16H22FN3O. The number of piperazine rings is 1. The fourth-order valence-corrected chi connectivity index (χ4v) is 3.02. The number of halogens is 1. The third-order valence-corrected chi connectivity index (χ3v) is 4.64. The standard InChI is InChI=1S/C16H22FN3O/c1-16(18,12-2-3-12)15(21)20-10-8-19(9-11-20)14-6-4-13(17)5-7-14/h4-7,12H,2-3,8-11,18H2,1H3/t16-/m0/s1. The summed E-state index contributed by atoms with van der Waals surface area (Å²) in [4.78, 5) is 16.6. The highest BCUT2D eigenvalue weighted by Crippen LogP contribution is 2.39. The average Bonchev–Trinajstić information content (AvgIpc) is 3.32. The molecule has 0 unspecified atom stereocenters. The molecule has 1 aromatic rings. The Balaban J connectivity index is 1.60. The van der Waals surface area contributed by atoms with Gasteiger partial charge in [0.15, 0.2) is 0 Å². The fraction of sp³-hybridized carbons (Fsp3) is 0.562. The molecule has 2 aliphatic rings. The Morgan fingerprint density at radius 1 is 1.19 bits per heavy atom. The van der Waals surface area contributed by atoms with Gasteiger partial charge in [-0.2, -0.15) is 0 Å². The first kappa shape index (κ1) is 14.3. The second-order valence-corrected chi connectivity index (χ2v) is 6.31. The van der Waals surface area contributed by atoms with E-state index in [1.165, 1.54) is 12.1 Å². The topological polar surface area (TPSA) is 49.6 Å². The maximum atomic E-state index is 12.9. The minimum Gasteiger partial charge on any atom is -0.368 e. The fourth-order valence-electron chi connectivity index (χ4n) is 3.02. The van der Waals surface area contributed by atoms with Gasteiger partial charge in [0.1, 0.15) is 5.82 Å². The first-order valence-corrected chi connectivity index (χ1v) is 7.57. The number of carbonyl (C=O) groups excluding carboxylic acids is 1. The highest BCUT2D eigenvalue weighted by Gasteiger charge is 2.46. The van der Waals surface area contributed by atoms with Crippen LogP contribution in [-0.2, 0) is 4.79 Å². The molecule has 1 atom stereocenters. The van der Waals surface area contributed by atoms with Gasteiger partial charge in [0.25, 0.3) is 0 Å². The molecule has 2 N–H and O–H groups in total. The van der Waals surface area contributed by atoms with Gasteiger partial charge in [-0.3, -0.25) is 4.79 Å². The molecule has 0 aromatic heterocycles. The van der Waals surface area contributed by atoms with Gasteiger partial charge in [-0.1, -0.05) is 0 Å². The van der Waals surface area contributed by atoms with Gasteiger partial charge in [-0.25, -0.2) is 4.39 Å². The van der Waals surface area contributed by atoms with Gasteiger partial charge in [-0.15, -0.1) is 0 Å². The number of benzene rings is 1. The molecule has 0 radical (unpaired) electrons. The van der Waals surface area contributed by atoms with Crippen molar-refractivity contribution in [2.75, 3.05) is 31.1 Å². The van der Waals surface area contributed by atoms with Crippen LogP contribution in [0, 0.1) is 11.7 Å². The Morgan fingerprint density at radius 2 is 1.76 bits per heavy atom. The van der Waals surface area contributed by atoms with Gasteiger partial charge in [0, 0.05) is 31.9 Å². The van der Waals surface area contributed by atoms with Crippen LogP contribution in [0.4, 0.5) is 10.1 Å². The lowest BCUT2D eigenvalue weighted by atomic mass is 9.95. The lowest BCUT2D eigenvalue weighted by molar-refractivity contribution is -0.137. The molecule has 114 valence electrons. The Labute approximate surface area is 124 Å². The largest absolute Gasteiger partial charge is 0.368 e. The number of rotatable bonds is 3. The molecule has 0 bridgehead atoms. The van der Waals surface area contributed by atoms with Crippen LogP contribution in [0.5, 0.6) is 0 Å². The van der Waals surface area contributed by atoms with E-state index in [1.807, 2.05) is 11.8 Å². The quantitative estimate of drug-likeness (QED) is 0.920.